The number of amides is 1. The molecule has 0 saturated carbocycles. The summed E-state index contributed by atoms with van der Waals surface area (Å²) in [7, 11) is 0. The molecule has 3 aromatic rings. The number of nitrogens with one attached hydrogen (secondary N) is 2. The van der Waals surface area contributed by atoms with Crippen molar-refractivity contribution in [3.05, 3.63) is 83.2 Å². The molecular formula is C21H18N4O. The molecule has 0 unspecified atom stereocenters. The van der Waals surface area contributed by atoms with Crippen LogP contribution in [-0.4, -0.2) is 10.9 Å². The monoisotopic (exact) mass is 342 g/mol. The van der Waals surface area contributed by atoms with E-state index in [1.54, 1.807) is 36.5 Å². The molecule has 5 heteroatoms. The van der Waals surface area contributed by atoms with Crippen molar-refractivity contribution in [2.75, 3.05) is 10.6 Å². The van der Waals surface area contributed by atoms with E-state index in [4.69, 9.17) is 5.26 Å². The van der Waals surface area contributed by atoms with Gasteiger partial charge in [0.05, 0.1) is 28.7 Å². The molecular weight excluding hydrogens is 324 g/mol. The fraction of sp³-hybridized carbons (Fsp3) is 0.0952. The molecule has 0 bridgehead atoms. The van der Waals surface area contributed by atoms with E-state index in [0.29, 0.717) is 16.8 Å². The predicted molar refractivity (Wildman–Crippen MR) is 103 cm³/mol. The summed E-state index contributed by atoms with van der Waals surface area (Å²) in [5.74, 6) is -0.314. The van der Waals surface area contributed by atoms with Crippen LogP contribution in [0.4, 0.5) is 17.1 Å². The van der Waals surface area contributed by atoms with Gasteiger partial charge in [0.2, 0.25) is 0 Å². The summed E-state index contributed by atoms with van der Waals surface area (Å²) < 4.78 is 0. The lowest BCUT2D eigenvalue weighted by Crippen LogP contribution is -2.13. The topological polar surface area (TPSA) is 77.8 Å². The SMILES string of the molecule is Cc1cccc(C)c1Nc1cncc(C(=O)Nc2ccccc2C#N)c1. The molecule has 0 spiro atoms. The first kappa shape index (κ1) is 17.2. The molecule has 0 aliphatic heterocycles. The van der Waals surface area contributed by atoms with E-state index in [1.165, 1.54) is 6.20 Å². The van der Waals surface area contributed by atoms with Crippen molar-refractivity contribution in [3.8, 4) is 6.07 Å². The van der Waals surface area contributed by atoms with Crippen molar-refractivity contribution in [1.29, 1.82) is 5.26 Å². The number of rotatable bonds is 4. The van der Waals surface area contributed by atoms with Crippen molar-refractivity contribution in [1.82, 2.24) is 4.98 Å². The highest BCUT2D eigenvalue weighted by molar-refractivity contribution is 6.05. The number of nitrogens with zero attached hydrogens (tertiary/aromatic N) is 2. The van der Waals surface area contributed by atoms with Crippen molar-refractivity contribution >= 4 is 23.0 Å². The molecule has 0 aliphatic rings. The minimum Gasteiger partial charge on any atom is -0.354 e. The Morgan fingerprint density at radius 1 is 1.04 bits per heavy atom. The second-order valence-electron chi connectivity index (χ2n) is 5.97. The van der Waals surface area contributed by atoms with Crippen LogP contribution in [0, 0.1) is 25.2 Å². The smallest absolute Gasteiger partial charge is 0.257 e. The minimum absolute atomic E-state index is 0.314. The summed E-state index contributed by atoms with van der Waals surface area (Å²) in [5, 5.41) is 15.2. The first-order valence-electron chi connectivity index (χ1n) is 8.17. The van der Waals surface area contributed by atoms with E-state index in [0.717, 1.165) is 22.5 Å². The summed E-state index contributed by atoms with van der Waals surface area (Å²) in [4.78, 5) is 16.7. The van der Waals surface area contributed by atoms with E-state index >= 15 is 0 Å². The summed E-state index contributed by atoms with van der Waals surface area (Å²) >= 11 is 0. The number of anilines is 3. The molecule has 1 amide bonds. The maximum atomic E-state index is 12.5. The number of pyridine rings is 1. The third kappa shape index (κ3) is 3.70. The molecule has 0 atom stereocenters. The van der Waals surface area contributed by atoms with Gasteiger partial charge in [0.1, 0.15) is 6.07 Å². The molecule has 1 heterocycles. The van der Waals surface area contributed by atoms with E-state index in [2.05, 4.69) is 21.7 Å². The number of hydrogen-bond donors (Lipinski definition) is 2. The van der Waals surface area contributed by atoms with E-state index in [1.807, 2.05) is 32.0 Å². The number of carbonyl (C=O) groups excluding carboxylic acids is 1. The van der Waals surface area contributed by atoms with E-state index in [-0.39, 0.29) is 5.91 Å². The van der Waals surface area contributed by atoms with Gasteiger partial charge in [-0.15, -0.1) is 0 Å². The molecule has 0 aliphatic carbocycles. The van der Waals surface area contributed by atoms with Crippen molar-refractivity contribution < 1.29 is 4.79 Å². The Balaban J connectivity index is 1.83. The Kier molecular flexibility index (Phi) is 4.95. The van der Waals surface area contributed by atoms with Gasteiger partial charge < -0.3 is 10.6 Å². The third-order valence-corrected chi connectivity index (χ3v) is 4.05. The second-order valence-corrected chi connectivity index (χ2v) is 5.97. The van der Waals surface area contributed by atoms with Crippen LogP contribution in [0.25, 0.3) is 0 Å². The molecule has 0 saturated heterocycles. The van der Waals surface area contributed by atoms with Crippen LogP contribution in [0.3, 0.4) is 0 Å². The van der Waals surface area contributed by atoms with E-state index in [9.17, 15) is 4.79 Å². The molecule has 2 N–H and O–H groups in total. The average Bonchev–Trinajstić information content (AvgIpc) is 2.65. The summed E-state index contributed by atoms with van der Waals surface area (Å²) in [6, 6.07) is 16.7. The van der Waals surface area contributed by atoms with Gasteiger partial charge in [-0.05, 0) is 43.2 Å². The van der Waals surface area contributed by atoms with Crippen LogP contribution in [0.1, 0.15) is 27.0 Å². The zero-order valence-corrected chi connectivity index (χ0v) is 14.6. The number of para-hydroxylation sites is 2. The fourth-order valence-electron chi connectivity index (χ4n) is 2.67. The predicted octanol–water partition coefficient (Wildman–Crippen LogP) is 4.57. The van der Waals surface area contributed by atoms with Crippen LogP contribution in [0.15, 0.2) is 60.9 Å². The molecule has 26 heavy (non-hydrogen) atoms. The lowest BCUT2D eigenvalue weighted by Gasteiger charge is -2.13. The van der Waals surface area contributed by atoms with Crippen molar-refractivity contribution in [3.63, 3.8) is 0 Å². The third-order valence-electron chi connectivity index (χ3n) is 4.05. The second kappa shape index (κ2) is 7.49. The molecule has 0 fully saturated rings. The Labute approximate surface area is 152 Å². The Hall–Kier alpha value is -3.65. The van der Waals surface area contributed by atoms with Crippen LogP contribution < -0.4 is 10.6 Å². The number of nitriles is 1. The largest absolute Gasteiger partial charge is 0.354 e. The van der Waals surface area contributed by atoms with Gasteiger partial charge in [0.15, 0.2) is 0 Å². The Bertz CT molecular complexity index is 985. The standard InChI is InChI=1S/C21H18N4O/c1-14-6-5-7-15(2)20(14)24-18-10-17(12-23-13-18)21(26)25-19-9-4-3-8-16(19)11-22/h3-10,12-13,24H,1-2H3,(H,25,26). The van der Waals surface area contributed by atoms with Gasteiger partial charge in [-0.25, -0.2) is 0 Å². The number of benzene rings is 2. The van der Waals surface area contributed by atoms with Gasteiger partial charge in [-0.3, -0.25) is 9.78 Å². The lowest BCUT2D eigenvalue weighted by molar-refractivity contribution is 0.102. The maximum absolute atomic E-state index is 12.5. The van der Waals surface area contributed by atoms with Crippen LogP contribution in [0.2, 0.25) is 0 Å². The van der Waals surface area contributed by atoms with Crippen LogP contribution in [0.5, 0.6) is 0 Å². The Morgan fingerprint density at radius 2 is 1.77 bits per heavy atom. The van der Waals surface area contributed by atoms with Gasteiger partial charge in [0.25, 0.3) is 5.91 Å². The minimum atomic E-state index is -0.314. The first-order chi connectivity index (χ1) is 12.6. The van der Waals surface area contributed by atoms with Gasteiger partial charge >= 0.3 is 0 Å². The summed E-state index contributed by atoms with van der Waals surface area (Å²) in [6.45, 7) is 4.05. The highest BCUT2D eigenvalue weighted by Crippen LogP contribution is 2.24. The first-order valence-corrected chi connectivity index (χ1v) is 8.17. The number of carbonyl (C=O) groups is 1. The molecule has 1 aromatic heterocycles. The van der Waals surface area contributed by atoms with Gasteiger partial charge in [-0.1, -0.05) is 30.3 Å². The zero-order chi connectivity index (χ0) is 18.5. The normalized spacial score (nSPS) is 10.0. The average molecular weight is 342 g/mol. The van der Waals surface area contributed by atoms with Crippen LogP contribution in [-0.2, 0) is 0 Å². The van der Waals surface area contributed by atoms with Crippen molar-refractivity contribution in [2.45, 2.75) is 13.8 Å². The maximum Gasteiger partial charge on any atom is 0.257 e. The molecule has 2 aromatic carbocycles. The van der Waals surface area contributed by atoms with Crippen molar-refractivity contribution in [2.24, 2.45) is 0 Å². The number of aryl methyl sites for hydroxylation is 2. The number of aromatic nitrogens is 1. The molecule has 5 nitrogen and oxygen atoms in total. The zero-order valence-electron chi connectivity index (χ0n) is 14.6. The van der Waals surface area contributed by atoms with Gasteiger partial charge in [0, 0.05) is 11.9 Å². The molecule has 0 radical (unpaired) electrons. The van der Waals surface area contributed by atoms with E-state index < -0.39 is 0 Å². The highest BCUT2D eigenvalue weighted by atomic mass is 16.1. The summed E-state index contributed by atoms with van der Waals surface area (Å²) in [5.41, 5.74) is 5.26. The fourth-order valence-corrected chi connectivity index (χ4v) is 2.67. The Morgan fingerprint density at radius 3 is 2.50 bits per heavy atom. The quantitative estimate of drug-likeness (QED) is 0.728. The lowest BCUT2D eigenvalue weighted by atomic mass is 10.1. The summed E-state index contributed by atoms with van der Waals surface area (Å²) in [6.07, 6.45) is 3.17. The van der Waals surface area contributed by atoms with Gasteiger partial charge in [-0.2, -0.15) is 5.26 Å². The molecule has 128 valence electrons. The number of hydrogen-bond acceptors (Lipinski definition) is 4. The van der Waals surface area contributed by atoms with Crippen LogP contribution >= 0.6 is 0 Å². The highest BCUT2D eigenvalue weighted by Gasteiger charge is 2.11. The molecule has 3 rings (SSSR count).